The van der Waals surface area contributed by atoms with Gasteiger partial charge in [-0.05, 0) is 6.92 Å². The summed E-state index contributed by atoms with van der Waals surface area (Å²) < 4.78 is 0. The van der Waals surface area contributed by atoms with Crippen molar-refractivity contribution in [2.75, 3.05) is 0 Å². The second-order valence-electron chi connectivity index (χ2n) is 2.01. The highest BCUT2D eigenvalue weighted by Crippen LogP contribution is 1.98. The van der Waals surface area contributed by atoms with Crippen LogP contribution in [0, 0.1) is 0 Å². The summed E-state index contributed by atoms with van der Waals surface area (Å²) in [4.78, 5) is 10.8. The molecule has 0 rings (SSSR count). The van der Waals surface area contributed by atoms with Crippen LogP contribution in [-0.4, -0.2) is 5.78 Å². The number of allylic oxidation sites excluding steroid dienone is 6. The highest BCUT2D eigenvalue weighted by molar-refractivity contribution is 5.96. The van der Waals surface area contributed by atoms with Gasteiger partial charge in [0.25, 0.3) is 0 Å². The van der Waals surface area contributed by atoms with Crippen molar-refractivity contribution in [3.8, 4) is 0 Å². The molecule has 0 aliphatic rings. The molecule has 0 spiro atoms. The van der Waals surface area contributed by atoms with Crippen molar-refractivity contribution in [2.24, 2.45) is 0 Å². The minimum atomic E-state index is 0.0306. The van der Waals surface area contributed by atoms with E-state index in [0.29, 0.717) is 5.57 Å². The zero-order chi connectivity index (χ0) is 8.69. The standard InChI is InChI=1S/C10H12O/c1-4-6-8-10(7-5-2)9(3)11/h4-8H,1-2H2,3H3/b8-6-,10-7+. The molecule has 0 aromatic heterocycles. The van der Waals surface area contributed by atoms with E-state index in [4.69, 9.17) is 0 Å². The summed E-state index contributed by atoms with van der Waals surface area (Å²) in [6.45, 7) is 8.52. The Hall–Kier alpha value is -1.37. The molecule has 0 aromatic carbocycles. The molecule has 1 nitrogen and oxygen atoms in total. The van der Waals surface area contributed by atoms with Crippen molar-refractivity contribution >= 4 is 5.78 Å². The van der Waals surface area contributed by atoms with Crippen LogP contribution >= 0.6 is 0 Å². The van der Waals surface area contributed by atoms with E-state index in [-0.39, 0.29) is 5.78 Å². The third-order valence-electron chi connectivity index (χ3n) is 1.12. The van der Waals surface area contributed by atoms with Crippen molar-refractivity contribution in [1.29, 1.82) is 0 Å². The van der Waals surface area contributed by atoms with Crippen LogP contribution in [0.5, 0.6) is 0 Å². The van der Waals surface area contributed by atoms with E-state index < -0.39 is 0 Å². The van der Waals surface area contributed by atoms with Gasteiger partial charge >= 0.3 is 0 Å². The Balaban J connectivity index is 4.47. The molecule has 0 radical (unpaired) electrons. The van der Waals surface area contributed by atoms with Gasteiger partial charge in [-0.3, -0.25) is 4.79 Å². The predicted molar refractivity (Wildman–Crippen MR) is 48.3 cm³/mol. The molecule has 0 amide bonds. The summed E-state index contributed by atoms with van der Waals surface area (Å²) in [6.07, 6.45) is 8.31. The first-order valence-corrected chi connectivity index (χ1v) is 3.35. The molecule has 0 atom stereocenters. The predicted octanol–water partition coefficient (Wildman–Crippen LogP) is 2.43. The number of carbonyl (C=O) groups excluding carboxylic acids is 1. The van der Waals surface area contributed by atoms with Crippen molar-refractivity contribution < 1.29 is 4.79 Å². The molecule has 0 heterocycles. The van der Waals surface area contributed by atoms with Crippen LogP contribution in [0.3, 0.4) is 0 Å². The SMILES string of the molecule is C=C/C=C\C(=C/C=C)C(C)=O. The maximum atomic E-state index is 10.8. The topological polar surface area (TPSA) is 17.1 Å². The lowest BCUT2D eigenvalue weighted by molar-refractivity contribution is -0.113. The molecule has 0 aliphatic carbocycles. The largest absolute Gasteiger partial charge is 0.295 e. The smallest absolute Gasteiger partial charge is 0.159 e. The van der Waals surface area contributed by atoms with Gasteiger partial charge in [0.2, 0.25) is 0 Å². The summed E-state index contributed by atoms with van der Waals surface area (Å²) in [7, 11) is 0. The monoisotopic (exact) mass is 148 g/mol. The maximum absolute atomic E-state index is 10.8. The second kappa shape index (κ2) is 5.42. The molecular weight excluding hydrogens is 136 g/mol. The van der Waals surface area contributed by atoms with Crippen LogP contribution < -0.4 is 0 Å². The number of hydrogen-bond acceptors (Lipinski definition) is 1. The first-order chi connectivity index (χ1) is 5.22. The van der Waals surface area contributed by atoms with Gasteiger partial charge in [0.05, 0.1) is 0 Å². The Morgan fingerprint density at radius 2 is 1.91 bits per heavy atom. The normalized spacial score (nSPS) is 11.5. The lowest BCUT2D eigenvalue weighted by atomic mass is 10.1. The summed E-state index contributed by atoms with van der Waals surface area (Å²) in [6, 6.07) is 0. The first-order valence-electron chi connectivity index (χ1n) is 3.35. The molecule has 11 heavy (non-hydrogen) atoms. The quantitative estimate of drug-likeness (QED) is 0.442. The average Bonchev–Trinajstić information content (AvgIpc) is 1.97. The van der Waals surface area contributed by atoms with Crippen LogP contribution in [-0.2, 0) is 4.79 Å². The average molecular weight is 148 g/mol. The highest BCUT2D eigenvalue weighted by atomic mass is 16.1. The third kappa shape index (κ3) is 4.09. The summed E-state index contributed by atoms with van der Waals surface area (Å²) >= 11 is 0. The van der Waals surface area contributed by atoms with Crippen LogP contribution in [0.4, 0.5) is 0 Å². The summed E-state index contributed by atoms with van der Waals surface area (Å²) in [5.41, 5.74) is 0.639. The minimum absolute atomic E-state index is 0.0306. The van der Waals surface area contributed by atoms with Crippen molar-refractivity contribution in [2.45, 2.75) is 6.92 Å². The van der Waals surface area contributed by atoms with Gasteiger partial charge in [-0.2, -0.15) is 0 Å². The summed E-state index contributed by atoms with van der Waals surface area (Å²) in [5.74, 6) is 0.0306. The van der Waals surface area contributed by atoms with Crippen molar-refractivity contribution in [1.82, 2.24) is 0 Å². The lowest BCUT2D eigenvalue weighted by Crippen LogP contribution is -1.91. The van der Waals surface area contributed by atoms with Crippen LogP contribution in [0.2, 0.25) is 0 Å². The molecule has 0 fully saturated rings. The van der Waals surface area contributed by atoms with Gasteiger partial charge in [0.15, 0.2) is 5.78 Å². The maximum Gasteiger partial charge on any atom is 0.159 e. The van der Waals surface area contributed by atoms with E-state index in [2.05, 4.69) is 13.2 Å². The number of Topliss-reactive ketones (excluding diaryl/α,β-unsaturated/α-hetero) is 1. The van der Waals surface area contributed by atoms with Crippen LogP contribution in [0.1, 0.15) is 6.92 Å². The second-order valence-corrected chi connectivity index (χ2v) is 2.01. The molecule has 0 aromatic rings. The van der Waals surface area contributed by atoms with E-state index in [1.54, 1.807) is 30.4 Å². The van der Waals surface area contributed by atoms with Crippen molar-refractivity contribution in [3.63, 3.8) is 0 Å². The molecule has 58 valence electrons. The fraction of sp³-hybridized carbons (Fsp3) is 0.100. The Kier molecular flexibility index (Phi) is 4.74. The number of rotatable bonds is 4. The number of carbonyl (C=O) groups is 1. The molecule has 0 bridgehead atoms. The van der Waals surface area contributed by atoms with Crippen molar-refractivity contribution in [3.05, 3.63) is 49.1 Å². The molecule has 0 aliphatic heterocycles. The lowest BCUT2D eigenvalue weighted by Gasteiger charge is -1.90. The van der Waals surface area contributed by atoms with Gasteiger partial charge in [-0.1, -0.05) is 43.5 Å². The molecule has 0 saturated heterocycles. The molecule has 0 saturated carbocycles. The van der Waals surface area contributed by atoms with Gasteiger partial charge in [-0.15, -0.1) is 0 Å². The van der Waals surface area contributed by atoms with E-state index in [1.165, 1.54) is 6.92 Å². The Labute approximate surface area is 67.4 Å². The van der Waals surface area contributed by atoms with E-state index in [1.807, 2.05) is 0 Å². The third-order valence-corrected chi connectivity index (χ3v) is 1.12. The number of hydrogen-bond donors (Lipinski definition) is 0. The molecule has 0 unspecified atom stereocenters. The van der Waals surface area contributed by atoms with Gasteiger partial charge < -0.3 is 0 Å². The van der Waals surface area contributed by atoms with Crippen LogP contribution in [0.25, 0.3) is 0 Å². The highest BCUT2D eigenvalue weighted by Gasteiger charge is 1.94. The van der Waals surface area contributed by atoms with Gasteiger partial charge in [0, 0.05) is 5.57 Å². The van der Waals surface area contributed by atoms with E-state index in [0.717, 1.165) is 0 Å². The Morgan fingerprint density at radius 1 is 1.27 bits per heavy atom. The first kappa shape index (κ1) is 9.63. The summed E-state index contributed by atoms with van der Waals surface area (Å²) in [5, 5.41) is 0. The number of ketones is 1. The van der Waals surface area contributed by atoms with E-state index in [9.17, 15) is 4.79 Å². The molecule has 1 heteroatoms. The van der Waals surface area contributed by atoms with Gasteiger partial charge in [-0.25, -0.2) is 0 Å². The Morgan fingerprint density at radius 3 is 2.27 bits per heavy atom. The fourth-order valence-corrected chi connectivity index (χ4v) is 0.589. The zero-order valence-corrected chi connectivity index (χ0v) is 6.71. The zero-order valence-electron chi connectivity index (χ0n) is 6.71. The minimum Gasteiger partial charge on any atom is -0.295 e. The van der Waals surface area contributed by atoms with E-state index >= 15 is 0 Å². The van der Waals surface area contributed by atoms with Crippen LogP contribution in [0.15, 0.2) is 49.1 Å². The Bertz CT molecular complexity index is 219. The molecular formula is C10H12O. The van der Waals surface area contributed by atoms with Gasteiger partial charge in [0.1, 0.15) is 0 Å². The fourth-order valence-electron chi connectivity index (χ4n) is 0.589. The molecule has 0 N–H and O–H groups in total.